The average molecular weight is 339 g/mol. The summed E-state index contributed by atoms with van der Waals surface area (Å²) in [5.41, 5.74) is 1.63. The van der Waals surface area contributed by atoms with Gasteiger partial charge in [-0.25, -0.2) is 8.78 Å². The molecular formula is C20H15F2NO2. The third-order valence-electron chi connectivity index (χ3n) is 3.54. The van der Waals surface area contributed by atoms with Crippen molar-refractivity contribution in [1.29, 1.82) is 0 Å². The molecule has 126 valence electrons. The second-order valence-electron chi connectivity index (χ2n) is 5.38. The van der Waals surface area contributed by atoms with Crippen molar-refractivity contribution in [2.45, 2.75) is 6.61 Å². The molecule has 0 aliphatic heterocycles. The number of rotatable bonds is 5. The van der Waals surface area contributed by atoms with Gasteiger partial charge in [-0.3, -0.25) is 4.79 Å². The second-order valence-corrected chi connectivity index (χ2v) is 5.38. The van der Waals surface area contributed by atoms with E-state index in [9.17, 15) is 13.6 Å². The first-order valence-corrected chi connectivity index (χ1v) is 7.65. The maximum Gasteiger partial charge on any atom is 0.255 e. The van der Waals surface area contributed by atoms with Crippen molar-refractivity contribution >= 4 is 11.6 Å². The standard InChI is InChI=1S/C20H15F2NO2/c21-18-11-6-15(12-19(18)22)20(24)23-16-7-9-17(10-8-16)25-13-14-4-2-1-3-5-14/h1-12H,13H2,(H,23,24). The number of anilines is 1. The SMILES string of the molecule is O=C(Nc1ccc(OCc2ccccc2)cc1)c1ccc(F)c(F)c1. The Morgan fingerprint density at radius 1 is 0.880 bits per heavy atom. The molecule has 0 bridgehead atoms. The topological polar surface area (TPSA) is 38.3 Å². The molecule has 3 aromatic rings. The van der Waals surface area contributed by atoms with Gasteiger partial charge in [0.2, 0.25) is 0 Å². The number of carbonyl (C=O) groups excluding carboxylic acids is 1. The lowest BCUT2D eigenvalue weighted by atomic mass is 10.2. The molecule has 1 amide bonds. The Morgan fingerprint density at radius 3 is 2.28 bits per heavy atom. The first kappa shape index (κ1) is 16.6. The van der Waals surface area contributed by atoms with Crippen LogP contribution in [0.25, 0.3) is 0 Å². The number of nitrogens with one attached hydrogen (secondary N) is 1. The molecule has 1 N–H and O–H groups in total. The highest BCUT2D eigenvalue weighted by molar-refractivity contribution is 6.04. The number of hydrogen-bond donors (Lipinski definition) is 1. The maximum atomic E-state index is 13.2. The summed E-state index contributed by atoms with van der Waals surface area (Å²) >= 11 is 0. The van der Waals surface area contributed by atoms with Gasteiger partial charge in [0.1, 0.15) is 12.4 Å². The zero-order valence-electron chi connectivity index (χ0n) is 13.2. The quantitative estimate of drug-likeness (QED) is 0.725. The van der Waals surface area contributed by atoms with E-state index in [-0.39, 0.29) is 5.56 Å². The molecule has 0 heterocycles. The number of carbonyl (C=O) groups is 1. The summed E-state index contributed by atoms with van der Waals surface area (Å²) in [6.07, 6.45) is 0. The predicted molar refractivity (Wildman–Crippen MR) is 91.5 cm³/mol. The van der Waals surface area contributed by atoms with Crippen molar-refractivity contribution in [1.82, 2.24) is 0 Å². The zero-order chi connectivity index (χ0) is 17.6. The van der Waals surface area contributed by atoms with Gasteiger partial charge in [0.25, 0.3) is 5.91 Å². The lowest BCUT2D eigenvalue weighted by Gasteiger charge is -2.09. The smallest absolute Gasteiger partial charge is 0.255 e. The molecule has 0 atom stereocenters. The minimum atomic E-state index is -1.06. The molecule has 25 heavy (non-hydrogen) atoms. The van der Waals surface area contributed by atoms with Crippen LogP contribution in [-0.2, 0) is 6.61 Å². The fraction of sp³-hybridized carbons (Fsp3) is 0.0500. The largest absolute Gasteiger partial charge is 0.489 e. The van der Waals surface area contributed by atoms with Crippen LogP contribution in [-0.4, -0.2) is 5.91 Å². The molecule has 0 aromatic heterocycles. The molecule has 0 radical (unpaired) electrons. The van der Waals surface area contributed by atoms with Crippen molar-refractivity contribution in [3.05, 3.63) is 95.6 Å². The van der Waals surface area contributed by atoms with Gasteiger partial charge in [-0.2, -0.15) is 0 Å². The lowest BCUT2D eigenvalue weighted by molar-refractivity contribution is 0.102. The van der Waals surface area contributed by atoms with Gasteiger partial charge in [0.05, 0.1) is 0 Å². The van der Waals surface area contributed by atoms with Crippen LogP contribution in [0.4, 0.5) is 14.5 Å². The van der Waals surface area contributed by atoms with Crippen LogP contribution in [0.15, 0.2) is 72.8 Å². The number of halogens is 2. The van der Waals surface area contributed by atoms with E-state index in [0.29, 0.717) is 18.0 Å². The molecule has 3 aromatic carbocycles. The molecule has 0 unspecified atom stereocenters. The number of benzene rings is 3. The monoisotopic (exact) mass is 339 g/mol. The highest BCUT2D eigenvalue weighted by Crippen LogP contribution is 2.18. The van der Waals surface area contributed by atoms with E-state index in [1.807, 2.05) is 30.3 Å². The molecule has 0 aliphatic carbocycles. The maximum absolute atomic E-state index is 13.2. The van der Waals surface area contributed by atoms with E-state index in [4.69, 9.17) is 4.74 Å². The van der Waals surface area contributed by atoms with Gasteiger partial charge in [0, 0.05) is 11.3 Å². The molecule has 0 aliphatic rings. The van der Waals surface area contributed by atoms with Gasteiger partial charge in [-0.15, -0.1) is 0 Å². The Morgan fingerprint density at radius 2 is 1.60 bits per heavy atom. The van der Waals surface area contributed by atoms with Gasteiger partial charge in [-0.1, -0.05) is 30.3 Å². The van der Waals surface area contributed by atoms with Crippen molar-refractivity contribution in [3.8, 4) is 5.75 Å². The Hall–Kier alpha value is -3.21. The Bertz CT molecular complexity index is 865. The molecule has 3 nitrogen and oxygen atoms in total. The van der Waals surface area contributed by atoms with Crippen molar-refractivity contribution in [2.75, 3.05) is 5.32 Å². The van der Waals surface area contributed by atoms with Gasteiger partial charge in [-0.05, 0) is 48.0 Å². The van der Waals surface area contributed by atoms with Crippen LogP contribution in [0.3, 0.4) is 0 Å². The molecule has 3 rings (SSSR count). The number of hydrogen-bond acceptors (Lipinski definition) is 2. The summed E-state index contributed by atoms with van der Waals surface area (Å²) in [5.74, 6) is -1.90. The third-order valence-corrected chi connectivity index (χ3v) is 3.54. The van der Waals surface area contributed by atoms with Gasteiger partial charge >= 0.3 is 0 Å². The summed E-state index contributed by atoms with van der Waals surface area (Å²) in [7, 11) is 0. The second kappa shape index (κ2) is 7.57. The lowest BCUT2D eigenvalue weighted by Crippen LogP contribution is -2.12. The first-order valence-electron chi connectivity index (χ1n) is 7.65. The van der Waals surface area contributed by atoms with Crippen LogP contribution in [0.5, 0.6) is 5.75 Å². The fourth-order valence-corrected chi connectivity index (χ4v) is 2.22. The predicted octanol–water partition coefficient (Wildman–Crippen LogP) is 4.80. The Balaban J connectivity index is 1.60. The molecule has 0 saturated carbocycles. The van der Waals surface area contributed by atoms with Crippen molar-refractivity contribution in [3.63, 3.8) is 0 Å². The summed E-state index contributed by atoms with van der Waals surface area (Å²) in [6.45, 7) is 0.446. The van der Waals surface area contributed by atoms with Crippen LogP contribution < -0.4 is 10.1 Å². The van der Waals surface area contributed by atoms with E-state index in [0.717, 1.165) is 17.7 Å². The minimum Gasteiger partial charge on any atom is -0.489 e. The highest BCUT2D eigenvalue weighted by atomic mass is 19.2. The summed E-state index contributed by atoms with van der Waals surface area (Å²) in [4.78, 5) is 12.0. The summed E-state index contributed by atoms with van der Waals surface area (Å²) < 4.78 is 31.8. The number of amides is 1. The Kier molecular flexibility index (Phi) is 5.04. The van der Waals surface area contributed by atoms with E-state index >= 15 is 0 Å². The van der Waals surface area contributed by atoms with Crippen LogP contribution in [0.1, 0.15) is 15.9 Å². The van der Waals surface area contributed by atoms with Gasteiger partial charge < -0.3 is 10.1 Å². The van der Waals surface area contributed by atoms with E-state index in [1.54, 1.807) is 24.3 Å². The summed E-state index contributed by atoms with van der Waals surface area (Å²) in [6, 6.07) is 19.6. The third kappa shape index (κ3) is 4.41. The first-order chi connectivity index (χ1) is 12.1. The minimum absolute atomic E-state index is 0.0447. The molecule has 0 spiro atoms. The Labute approximate surface area is 143 Å². The van der Waals surface area contributed by atoms with E-state index < -0.39 is 17.5 Å². The van der Waals surface area contributed by atoms with Crippen molar-refractivity contribution < 1.29 is 18.3 Å². The zero-order valence-corrected chi connectivity index (χ0v) is 13.2. The van der Waals surface area contributed by atoms with E-state index in [2.05, 4.69) is 5.32 Å². The van der Waals surface area contributed by atoms with Crippen LogP contribution in [0, 0.1) is 11.6 Å². The van der Waals surface area contributed by atoms with Crippen LogP contribution >= 0.6 is 0 Å². The summed E-state index contributed by atoms with van der Waals surface area (Å²) in [5, 5.41) is 2.62. The van der Waals surface area contributed by atoms with Crippen molar-refractivity contribution in [2.24, 2.45) is 0 Å². The fourth-order valence-electron chi connectivity index (χ4n) is 2.22. The van der Waals surface area contributed by atoms with Crippen LogP contribution in [0.2, 0.25) is 0 Å². The highest BCUT2D eigenvalue weighted by Gasteiger charge is 2.10. The molecular weight excluding hydrogens is 324 g/mol. The average Bonchev–Trinajstić information content (AvgIpc) is 2.64. The van der Waals surface area contributed by atoms with E-state index in [1.165, 1.54) is 6.07 Å². The molecule has 0 saturated heterocycles. The molecule has 0 fully saturated rings. The van der Waals surface area contributed by atoms with Gasteiger partial charge in [0.15, 0.2) is 11.6 Å². The molecule has 5 heteroatoms. The number of ether oxygens (including phenoxy) is 1. The normalized spacial score (nSPS) is 10.3.